The van der Waals surface area contributed by atoms with Crippen LogP contribution in [0.25, 0.3) is 0 Å². The zero-order chi connectivity index (χ0) is 14.5. The van der Waals surface area contributed by atoms with Crippen LogP contribution in [0.3, 0.4) is 0 Å². The average molecular weight is 277 g/mol. The molecule has 0 amide bonds. The molecule has 20 heavy (non-hydrogen) atoms. The first-order valence-corrected chi connectivity index (χ1v) is 7.63. The zero-order valence-electron chi connectivity index (χ0n) is 13.1. The van der Waals surface area contributed by atoms with Gasteiger partial charge in [-0.15, -0.1) is 0 Å². The second-order valence-corrected chi connectivity index (χ2v) is 5.97. The van der Waals surface area contributed by atoms with Crippen LogP contribution in [-0.2, 0) is 0 Å². The van der Waals surface area contributed by atoms with E-state index in [9.17, 15) is 0 Å². The summed E-state index contributed by atoms with van der Waals surface area (Å²) in [6.07, 6.45) is 2.92. The number of rotatable bonds is 6. The minimum atomic E-state index is 0.402. The Balaban J connectivity index is 2.08. The van der Waals surface area contributed by atoms with E-state index in [2.05, 4.69) is 53.3 Å². The standard InChI is InChI=1S/C15H27N5/c1-5-16-14-13(11(2)3)15(19-10-18-14)17-8-12-6-7-20(4)9-12/h10-12H,5-9H2,1-4H3,(H2,16,17,18,19). The van der Waals surface area contributed by atoms with Gasteiger partial charge in [0.25, 0.3) is 0 Å². The van der Waals surface area contributed by atoms with Gasteiger partial charge in [0, 0.05) is 25.2 Å². The Kier molecular flexibility index (Phi) is 5.17. The van der Waals surface area contributed by atoms with Gasteiger partial charge in [-0.3, -0.25) is 0 Å². The van der Waals surface area contributed by atoms with Gasteiger partial charge in [0.2, 0.25) is 0 Å². The van der Waals surface area contributed by atoms with Crippen molar-refractivity contribution in [3.05, 3.63) is 11.9 Å². The van der Waals surface area contributed by atoms with Crippen LogP contribution in [0, 0.1) is 5.92 Å². The molecule has 1 aromatic rings. The number of aromatic nitrogens is 2. The number of hydrogen-bond acceptors (Lipinski definition) is 5. The third-order valence-electron chi connectivity index (χ3n) is 3.85. The summed E-state index contributed by atoms with van der Waals surface area (Å²) >= 11 is 0. The van der Waals surface area contributed by atoms with E-state index in [1.807, 2.05) is 0 Å². The van der Waals surface area contributed by atoms with Gasteiger partial charge >= 0.3 is 0 Å². The van der Waals surface area contributed by atoms with Crippen molar-refractivity contribution >= 4 is 11.6 Å². The topological polar surface area (TPSA) is 53.1 Å². The first kappa shape index (κ1) is 15.0. The van der Waals surface area contributed by atoms with Crippen LogP contribution in [-0.4, -0.2) is 48.1 Å². The fourth-order valence-electron chi connectivity index (χ4n) is 2.83. The molecule has 2 heterocycles. The minimum Gasteiger partial charge on any atom is -0.370 e. The molecule has 1 aliphatic heterocycles. The van der Waals surface area contributed by atoms with Crippen molar-refractivity contribution in [3.8, 4) is 0 Å². The van der Waals surface area contributed by atoms with Crippen molar-refractivity contribution in [2.45, 2.75) is 33.1 Å². The summed E-state index contributed by atoms with van der Waals surface area (Å²) < 4.78 is 0. The van der Waals surface area contributed by atoms with E-state index in [4.69, 9.17) is 0 Å². The molecule has 1 aromatic heterocycles. The van der Waals surface area contributed by atoms with E-state index < -0.39 is 0 Å². The molecular formula is C15H27N5. The smallest absolute Gasteiger partial charge is 0.134 e. The highest BCUT2D eigenvalue weighted by molar-refractivity contribution is 5.58. The first-order valence-electron chi connectivity index (χ1n) is 7.63. The highest BCUT2D eigenvalue weighted by Gasteiger charge is 2.20. The molecule has 5 heteroatoms. The molecule has 2 N–H and O–H groups in total. The molecular weight excluding hydrogens is 250 g/mol. The van der Waals surface area contributed by atoms with Crippen molar-refractivity contribution in [1.29, 1.82) is 0 Å². The minimum absolute atomic E-state index is 0.402. The summed E-state index contributed by atoms with van der Waals surface area (Å²) in [5, 5.41) is 6.87. The molecule has 0 saturated carbocycles. The van der Waals surface area contributed by atoms with Crippen LogP contribution in [0.5, 0.6) is 0 Å². The molecule has 0 bridgehead atoms. The van der Waals surface area contributed by atoms with Crippen LogP contribution in [0.15, 0.2) is 6.33 Å². The second-order valence-electron chi connectivity index (χ2n) is 5.97. The SMILES string of the molecule is CCNc1ncnc(NCC2CCN(C)C2)c1C(C)C. The maximum Gasteiger partial charge on any atom is 0.134 e. The van der Waals surface area contributed by atoms with Crippen molar-refractivity contribution in [2.24, 2.45) is 5.92 Å². The summed E-state index contributed by atoms with van der Waals surface area (Å²) in [6.45, 7) is 10.7. The summed E-state index contributed by atoms with van der Waals surface area (Å²) in [5.74, 6) is 3.07. The number of nitrogens with one attached hydrogen (secondary N) is 2. The predicted octanol–water partition coefficient (Wildman–Crippen LogP) is 2.40. The fraction of sp³-hybridized carbons (Fsp3) is 0.733. The number of hydrogen-bond donors (Lipinski definition) is 2. The van der Waals surface area contributed by atoms with Crippen molar-refractivity contribution in [2.75, 3.05) is 43.9 Å². The fourth-order valence-corrected chi connectivity index (χ4v) is 2.83. The summed E-state index contributed by atoms with van der Waals surface area (Å²) in [5.41, 5.74) is 1.20. The van der Waals surface area contributed by atoms with E-state index in [0.29, 0.717) is 5.92 Å². The van der Waals surface area contributed by atoms with Gasteiger partial charge in [0.05, 0.1) is 0 Å². The number of nitrogens with zero attached hydrogens (tertiary/aromatic N) is 3. The Morgan fingerprint density at radius 2 is 2.00 bits per heavy atom. The second kappa shape index (κ2) is 6.88. The molecule has 0 spiro atoms. The lowest BCUT2D eigenvalue weighted by Crippen LogP contribution is -2.20. The molecule has 1 saturated heterocycles. The number of anilines is 2. The molecule has 1 atom stereocenters. The Bertz CT molecular complexity index is 432. The zero-order valence-corrected chi connectivity index (χ0v) is 13.1. The maximum absolute atomic E-state index is 4.45. The quantitative estimate of drug-likeness (QED) is 0.836. The molecule has 1 unspecified atom stereocenters. The molecule has 0 aliphatic carbocycles. The van der Waals surface area contributed by atoms with Gasteiger partial charge in [-0.2, -0.15) is 0 Å². The largest absolute Gasteiger partial charge is 0.370 e. The lowest BCUT2D eigenvalue weighted by Gasteiger charge is -2.19. The van der Waals surface area contributed by atoms with Crippen LogP contribution in [0.4, 0.5) is 11.6 Å². The van der Waals surface area contributed by atoms with Gasteiger partial charge in [-0.25, -0.2) is 9.97 Å². The lowest BCUT2D eigenvalue weighted by molar-refractivity contribution is 0.399. The van der Waals surface area contributed by atoms with Crippen molar-refractivity contribution in [3.63, 3.8) is 0 Å². The predicted molar refractivity (Wildman–Crippen MR) is 84.4 cm³/mol. The van der Waals surface area contributed by atoms with Crippen LogP contribution in [0.2, 0.25) is 0 Å². The van der Waals surface area contributed by atoms with Gasteiger partial charge in [-0.1, -0.05) is 13.8 Å². The van der Waals surface area contributed by atoms with Crippen LogP contribution < -0.4 is 10.6 Å². The van der Waals surface area contributed by atoms with Gasteiger partial charge in [-0.05, 0) is 38.8 Å². The van der Waals surface area contributed by atoms with Crippen molar-refractivity contribution in [1.82, 2.24) is 14.9 Å². The van der Waals surface area contributed by atoms with Crippen LogP contribution in [0.1, 0.15) is 38.7 Å². The molecule has 112 valence electrons. The van der Waals surface area contributed by atoms with E-state index in [1.54, 1.807) is 6.33 Å². The van der Waals surface area contributed by atoms with Crippen molar-refractivity contribution < 1.29 is 0 Å². The Hall–Kier alpha value is -1.36. The van der Waals surface area contributed by atoms with E-state index in [1.165, 1.54) is 25.1 Å². The Morgan fingerprint density at radius 1 is 1.30 bits per heavy atom. The third-order valence-corrected chi connectivity index (χ3v) is 3.85. The summed E-state index contributed by atoms with van der Waals surface area (Å²) in [6, 6.07) is 0. The highest BCUT2D eigenvalue weighted by atomic mass is 15.1. The normalized spacial score (nSPS) is 19.6. The van der Waals surface area contributed by atoms with Gasteiger partial charge < -0.3 is 15.5 Å². The summed E-state index contributed by atoms with van der Waals surface area (Å²) in [4.78, 5) is 11.2. The van der Waals surface area contributed by atoms with E-state index >= 15 is 0 Å². The third kappa shape index (κ3) is 3.60. The maximum atomic E-state index is 4.45. The molecule has 2 rings (SSSR count). The lowest BCUT2D eigenvalue weighted by atomic mass is 10.0. The molecule has 1 fully saturated rings. The monoisotopic (exact) mass is 277 g/mol. The molecule has 0 aromatic carbocycles. The van der Waals surface area contributed by atoms with E-state index in [-0.39, 0.29) is 0 Å². The molecule has 1 aliphatic rings. The number of likely N-dealkylation sites (tertiary alicyclic amines) is 1. The molecule has 5 nitrogen and oxygen atoms in total. The summed E-state index contributed by atoms with van der Waals surface area (Å²) in [7, 11) is 2.19. The Labute approximate surface area is 122 Å². The highest BCUT2D eigenvalue weighted by Crippen LogP contribution is 2.28. The van der Waals surface area contributed by atoms with E-state index in [0.717, 1.165) is 30.6 Å². The first-order chi connectivity index (χ1) is 9.61. The van der Waals surface area contributed by atoms with Gasteiger partial charge in [0.1, 0.15) is 18.0 Å². The van der Waals surface area contributed by atoms with Gasteiger partial charge in [0.15, 0.2) is 0 Å². The Morgan fingerprint density at radius 3 is 2.55 bits per heavy atom. The molecule has 0 radical (unpaired) electrons. The van der Waals surface area contributed by atoms with Crippen LogP contribution >= 0.6 is 0 Å². The average Bonchev–Trinajstić information content (AvgIpc) is 2.82.